The third-order valence-corrected chi connectivity index (χ3v) is 4.31. The van der Waals surface area contributed by atoms with E-state index < -0.39 is 30.2 Å². The van der Waals surface area contributed by atoms with Crippen molar-refractivity contribution in [2.75, 3.05) is 18.5 Å². The Bertz CT molecular complexity index is 851. The van der Waals surface area contributed by atoms with Crippen molar-refractivity contribution in [1.82, 2.24) is 0 Å². The fraction of sp³-hybridized carbons (Fsp3) is 0.333. The zero-order chi connectivity index (χ0) is 20.0. The first-order valence-corrected chi connectivity index (χ1v) is 9.00. The molecule has 144 valence electrons. The van der Waals surface area contributed by atoms with Gasteiger partial charge in [-0.1, -0.05) is 6.07 Å². The zero-order valence-electron chi connectivity index (χ0n) is 15.1. The lowest BCUT2D eigenvalue weighted by molar-refractivity contribution is -0.146. The largest absolute Gasteiger partial charge is 0.462 e. The maximum atomic E-state index is 12.2. The van der Waals surface area contributed by atoms with E-state index in [-0.39, 0.29) is 35.8 Å². The lowest BCUT2D eigenvalue weighted by Crippen LogP contribution is -2.22. The molecule has 0 aromatic carbocycles. The summed E-state index contributed by atoms with van der Waals surface area (Å²) < 4.78 is 15.2. The third-order valence-electron chi connectivity index (χ3n) is 3.43. The Morgan fingerprint density at radius 1 is 1.19 bits per heavy atom. The molecule has 0 saturated carbocycles. The average molecular weight is 393 g/mol. The van der Waals surface area contributed by atoms with Crippen LogP contribution in [0.1, 0.15) is 45.2 Å². The highest BCUT2D eigenvalue weighted by Gasteiger charge is 2.28. The molecule has 0 radical (unpaired) electrons. The summed E-state index contributed by atoms with van der Waals surface area (Å²) in [7, 11) is 0. The highest BCUT2D eigenvalue weighted by molar-refractivity contribution is 7.10. The molecule has 0 spiro atoms. The quantitative estimate of drug-likeness (QED) is 0.542. The number of ether oxygens (including phenoxy) is 2. The molecule has 2 aromatic rings. The Kier molecular flexibility index (Phi) is 6.89. The van der Waals surface area contributed by atoms with E-state index in [4.69, 9.17) is 13.9 Å². The van der Waals surface area contributed by atoms with Crippen LogP contribution in [-0.2, 0) is 25.5 Å². The predicted molar refractivity (Wildman–Crippen MR) is 97.0 cm³/mol. The Balaban J connectivity index is 2.06. The molecule has 1 N–H and O–H groups in total. The molecule has 0 atom stereocenters. The number of carbonyl (C=O) groups is 4. The van der Waals surface area contributed by atoms with Gasteiger partial charge in [-0.15, -0.1) is 11.3 Å². The van der Waals surface area contributed by atoms with Gasteiger partial charge in [0.1, 0.15) is 11.3 Å². The van der Waals surface area contributed by atoms with Crippen LogP contribution in [0.4, 0.5) is 5.88 Å². The fourth-order valence-corrected chi connectivity index (χ4v) is 3.06. The number of hydrogen-bond acceptors (Lipinski definition) is 8. The number of nitrogens with one attached hydrogen (secondary N) is 1. The topological polar surface area (TPSA) is 112 Å². The molecule has 0 bridgehead atoms. The minimum absolute atomic E-state index is 0.0402. The Labute approximate surface area is 159 Å². The number of anilines is 1. The maximum Gasteiger partial charge on any atom is 0.344 e. The van der Waals surface area contributed by atoms with E-state index in [0.717, 1.165) is 4.88 Å². The Hall–Kier alpha value is -2.94. The van der Waals surface area contributed by atoms with Crippen LogP contribution in [0, 0.1) is 6.92 Å². The molecule has 0 saturated heterocycles. The second kappa shape index (κ2) is 9.13. The number of ketones is 1. The van der Waals surface area contributed by atoms with Gasteiger partial charge in [0.15, 0.2) is 12.4 Å². The summed E-state index contributed by atoms with van der Waals surface area (Å²) >= 11 is 1.41. The molecule has 0 unspecified atom stereocenters. The van der Waals surface area contributed by atoms with Gasteiger partial charge in [0.2, 0.25) is 5.88 Å². The number of rotatable bonds is 8. The van der Waals surface area contributed by atoms with Gasteiger partial charge in [-0.2, -0.15) is 0 Å². The van der Waals surface area contributed by atoms with Crippen molar-refractivity contribution >= 4 is 40.9 Å². The molecule has 2 rings (SSSR count). The van der Waals surface area contributed by atoms with Gasteiger partial charge in [-0.05, 0) is 32.2 Å². The molecule has 2 aromatic heterocycles. The van der Waals surface area contributed by atoms with Crippen LogP contribution < -0.4 is 5.32 Å². The number of aryl methyl sites for hydroxylation is 1. The van der Waals surface area contributed by atoms with E-state index in [2.05, 4.69) is 5.32 Å². The van der Waals surface area contributed by atoms with Crippen LogP contribution in [0.2, 0.25) is 0 Å². The van der Waals surface area contributed by atoms with Gasteiger partial charge in [0.25, 0.3) is 5.91 Å². The smallest absolute Gasteiger partial charge is 0.344 e. The van der Waals surface area contributed by atoms with Crippen molar-refractivity contribution in [3.8, 4) is 0 Å². The number of hydrogen-bond donors (Lipinski definition) is 1. The lowest BCUT2D eigenvalue weighted by Gasteiger charge is -2.07. The summed E-state index contributed by atoms with van der Waals surface area (Å²) in [6.07, 6.45) is 0.0629. The summed E-state index contributed by atoms with van der Waals surface area (Å²) in [5.41, 5.74) is -0.112. The number of thiophene rings is 1. The molecule has 0 fully saturated rings. The summed E-state index contributed by atoms with van der Waals surface area (Å²) in [6.45, 7) is 3.92. The number of esters is 2. The average Bonchev–Trinajstić information content (AvgIpc) is 3.20. The Morgan fingerprint density at radius 2 is 1.93 bits per heavy atom. The lowest BCUT2D eigenvalue weighted by atomic mass is 10.1. The first-order chi connectivity index (χ1) is 12.8. The van der Waals surface area contributed by atoms with Crippen LogP contribution in [0.5, 0.6) is 0 Å². The van der Waals surface area contributed by atoms with Gasteiger partial charge in [0.05, 0.1) is 18.6 Å². The highest BCUT2D eigenvalue weighted by Crippen LogP contribution is 2.28. The second-order valence-electron chi connectivity index (χ2n) is 5.48. The standard InChI is InChI=1S/C18H19NO7S/c1-4-24-18(23)16-15(10(2)20)11(3)26-17(16)19-13(21)9-25-14(22)8-12-6-5-7-27-12/h5-7H,4,8-9H2,1-3H3,(H,19,21). The molecule has 9 heteroatoms. The van der Waals surface area contributed by atoms with Gasteiger partial charge in [0, 0.05) is 4.88 Å². The van der Waals surface area contributed by atoms with Crippen molar-refractivity contribution in [2.45, 2.75) is 27.2 Å². The minimum atomic E-state index is -0.787. The van der Waals surface area contributed by atoms with Crippen LogP contribution in [0.3, 0.4) is 0 Å². The van der Waals surface area contributed by atoms with E-state index in [1.807, 2.05) is 11.4 Å². The van der Waals surface area contributed by atoms with Crippen LogP contribution >= 0.6 is 11.3 Å². The normalized spacial score (nSPS) is 10.3. The minimum Gasteiger partial charge on any atom is -0.462 e. The number of carbonyl (C=O) groups excluding carboxylic acids is 4. The first kappa shape index (κ1) is 20.4. The van der Waals surface area contributed by atoms with E-state index in [1.54, 1.807) is 13.0 Å². The van der Waals surface area contributed by atoms with Crippen LogP contribution in [-0.4, -0.2) is 36.8 Å². The van der Waals surface area contributed by atoms with E-state index in [1.165, 1.54) is 25.2 Å². The SMILES string of the molecule is CCOC(=O)c1c(NC(=O)COC(=O)Cc2cccs2)oc(C)c1C(C)=O. The Morgan fingerprint density at radius 3 is 2.52 bits per heavy atom. The second-order valence-corrected chi connectivity index (χ2v) is 6.51. The third kappa shape index (κ3) is 5.27. The summed E-state index contributed by atoms with van der Waals surface area (Å²) in [5.74, 6) is -2.49. The van der Waals surface area contributed by atoms with Crippen molar-refractivity contribution < 1.29 is 33.1 Å². The van der Waals surface area contributed by atoms with Crippen molar-refractivity contribution in [3.05, 3.63) is 39.3 Å². The number of furan rings is 1. The molecule has 0 aliphatic heterocycles. The highest BCUT2D eigenvalue weighted by atomic mass is 32.1. The van der Waals surface area contributed by atoms with Crippen LogP contribution in [0.25, 0.3) is 0 Å². The van der Waals surface area contributed by atoms with E-state index in [9.17, 15) is 19.2 Å². The van der Waals surface area contributed by atoms with Gasteiger partial charge in [-0.25, -0.2) is 4.79 Å². The summed E-state index contributed by atoms with van der Waals surface area (Å²) in [4.78, 5) is 48.6. The summed E-state index contributed by atoms with van der Waals surface area (Å²) in [5, 5.41) is 4.18. The molecule has 2 heterocycles. The van der Waals surface area contributed by atoms with Crippen molar-refractivity contribution in [1.29, 1.82) is 0 Å². The first-order valence-electron chi connectivity index (χ1n) is 8.12. The summed E-state index contributed by atoms with van der Waals surface area (Å²) in [6, 6.07) is 3.59. The fourth-order valence-electron chi connectivity index (χ4n) is 2.37. The van der Waals surface area contributed by atoms with Crippen molar-refractivity contribution in [3.63, 3.8) is 0 Å². The van der Waals surface area contributed by atoms with Gasteiger partial charge < -0.3 is 13.9 Å². The molecular formula is C18H19NO7S. The monoisotopic (exact) mass is 393 g/mol. The van der Waals surface area contributed by atoms with Crippen LogP contribution in [0.15, 0.2) is 21.9 Å². The molecule has 8 nitrogen and oxygen atoms in total. The molecule has 0 aliphatic rings. The van der Waals surface area contributed by atoms with E-state index >= 15 is 0 Å². The maximum absolute atomic E-state index is 12.2. The molecule has 27 heavy (non-hydrogen) atoms. The van der Waals surface area contributed by atoms with Gasteiger partial charge in [-0.3, -0.25) is 19.7 Å². The zero-order valence-corrected chi connectivity index (χ0v) is 15.9. The number of Topliss-reactive ketones (excluding diaryl/α,β-unsaturated/α-hetero) is 1. The number of amides is 1. The van der Waals surface area contributed by atoms with Gasteiger partial charge >= 0.3 is 11.9 Å². The predicted octanol–water partition coefficient (Wildman–Crippen LogP) is 2.75. The van der Waals surface area contributed by atoms with Crippen molar-refractivity contribution in [2.24, 2.45) is 0 Å². The molecule has 0 aliphatic carbocycles. The van der Waals surface area contributed by atoms with E-state index in [0.29, 0.717) is 0 Å². The molecular weight excluding hydrogens is 374 g/mol. The molecule has 1 amide bonds.